The number of alkyl halides is 3. The van der Waals surface area contributed by atoms with E-state index >= 15 is 0 Å². The van der Waals surface area contributed by atoms with Gasteiger partial charge in [0.05, 0.1) is 5.56 Å². The number of nitrogens with one attached hydrogen (secondary N) is 1. The first-order valence-electron chi connectivity index (χ1n) is 7.03. The lowest BCUT2D eigenvalue weighted by molar-refractivity contribution is -0.141. The van der Waals surface area contributed by atoms with E-state index in [4.69, 9.17) is 0 Å². The fraction of sp³-hybridized carbons (Fsp3) is 0.176. The van der Waals surface area contributed by atoms with Crippen molar-refractivity contribution >= 4 is 11.9 Å². The summed E-state index contributed by atoms with van der Waals surface area (Å²) in [6.45, 7) is 0. The molecule has 0 bridgehead atoms. The van der Waals surface area contributed by atoms with E-state index in [1.54, 1.807) is 18.2 Å². The zero-order valence-corrected chi connectivity index (χ0v) is 12.4. The van der Waals surface area contributed by atoms with Crippen LogP contribution in [0, 0.1) is 0 Å². The monoisotopic (exact) mass is 337 g/mol. The maximum Gasteiger partial charge on any atom is 0.416 e. The van der Waals surface area contributed by atoms with Crippen LogP contribution < -0.4 is 5.32 Å². The molecule has 2 aromatic rings. The summed E-state index contributed by atoms with van der Waals surface area (Å²) in [6.07, 6.45) is -5.06. The first kappa shape index (κ1) is 17.5. The number of carboxylic acid groups (broad SMARTS) is 1. The lowest BCUT2D eigenvalue weighted by Crippen LogP contribution is -2.42. The van der Waals surface area contributed by atoms with E-state index in [2.05, 4.69) is 5.32 Å². The lowest BCUT2D eigenvalue weighted by atomic mass is 9.99. The Bertz CT molecular complexity index is 729. The second-order valence-electron chi connectivity index (χ2n) is 5.09. The Morgan fingerprint density at radius 3 is 2.17 bits per heavy atom. The summed E-state index contributed by atoms with van der Waals surface area (Å²) in [5.41, 5.74) is -0.871. The van der Waals surface area contributed by atoms with Crippen molar-refractivity contribution in [3.63, 3.8) is 0 Å². The topological polar surface area (TPSA) is 66.4 Å². The quantitative estimate of drug-likeness (QED) is 0.881. The molecule has 2 N–H and O–H groups in total. The van der Waals surface area contributed by atoms with E-state index < -0.39 is 36.1 Å². The molecule has 0 aliphatic rings. The highest BCUT2D eigenvalue weighted by molar-refractivity contribution is 5.96. The molecule has 0 heterocycles. The molecular formula is C17H14F3NO3. The van der Waals surface area contributed by atoms with Gasteiger partial charge in [-0.15, -0.1) is 0 Å². The molecule has 7 heteroatoms. The Morgan fingerprint density at radius 2 is 1.58 bits per heavy atom. The predicted molar refractivity (Wildman–Crippen MR) is 80.5 cm³/mol. The van der Waals surface area contributed by atoms with Gasteiger partial charge in [0.2, 0.25) is 0 Å². The average molecular weight is 337 g/mol. The van der Waals surface area contributed by atoms with E-state index in [-0.39, 0.29) is 11.1 Å². The minimum absolute atomic E-state index is 0.189. The molecule has 0 fully saturated rings. The number of carbonyl (C=O) groups is 2. The summed E-state index contributed by atoms with van der Waals surface area (Å²) in [6, 6.07) is 11.1. The Balaban J connectivity index is 2.22. The SMILES string of the molecule is O=C(N[C@H](Cc1ccccc1C(F)(F)F)C(=O)O)c1ccccc1. The third-order valence-corrected chi connectivity index (χ3v) is 3.39. The smallest absolute Gasteiger partial charge is 0.416 e. The standard InChI is InChI=1S/C17H14F3NO3/c18-17(19,20)13-9-5-4-8-12(13)10-14(16(23)24)21-15(22)11-6-2-1-3-7-11/h1-9,14H,10H2,(H,21,22)(H,23,24)/t14-/m1/s1. The lowest BCUT2D eigenvalue weighted by Gasteiger charge is -2.18. The number of carbonyl (C=O) groups excluding carboxylic acids is 1. The third-order valence-electron chi connectivity index (χ3n) is 3.39. The van der Waals surface area contributed by atoms with Gasteiger partial charge in [-0.1, -0.05) is 36.4 Å². The molecule has 4 nitrogen and oxygen atoms in total. The van der Waals surface area contributed by atoms with Crippen molar-refractivity contribution < 1.29 is 27.9 Å². The van der Waals surface area contributed by atoms with Crippen LogP contribution in [0.3, 0.4) is 0 Å². The summed E-state index contributed by atoms with van der Waals surface area (Å²) in [4.78, 5) is 23.4. The van der Waals surface area contributed by atoms with Gasteiger partial charge in [-0.3, -0.25) is 4.79 Å². The van der Waals surface area contributed by atoms with Crippen molar-refractivity contribution in [2.24, 2.45) is 0 Å². The van der Waals surface area contributed by atoms with E-state index in [9.17, 15) is 27.9 Å². The van der Waals surface area contributed by atoms with Crippen LogP contribution in [0.4, 0.5) is 13.2 Å². The first-order valence-corrected chi connectivity index (χ1v) is 7.03. The van der Waals surface area contributed by atoms with Crippen LogP contribution in [0.2, 0.25) is 0 Å². The molecule has 2 aromatic carbocycles. The number of aliphatic carboxylic acids is 1. The van der Waals surface area contributed by atoms with Gasteiger partial charge in [-0.2, -0.15) is 13.2 Å². The maximum absolute atomic E-state index is 13.0. The number of hydrogen-bond acceptors (Lipinski definition) is 2. The fourth-order valence-corrected chi connectivity index (χ4v) is 2.23. The molecule has 24 heavy (non-hydrogen) atoms. The summed E-state index contributed by atoms with van der Waals surface area (Å²) in [7, 11) is 0. The fourth-order valence-electron chi connectivity index (χ4n) is 2.23. The molecular weight excluding hydrogens is 323 g/mol. The summed E-state index contributed by atoms with van der Waals surface area (Å²) in [5, 5.41) is 11.5. The molecule has 0 saturated carbocycles. The van der Waals surface area contributed by atoms with Crippen LogP contribution in [0.1, 0.15) is 21.5 Å². The van der Waals surface area contributed by atoms with Crippen molar-refractivity contribution in [2.45, 2.75) is 18.6 Å². The first-order chi connectivity index (χ1) is 11.3. The van der Waals surface area contributed by atoms with Gasteiger partial charge < -0.3 is 10.4 Å². The molecule has 0 spiro atoms. The van der Waals surface area contributed by atoms with Gasteiger partial charge >= 0.3 is 12.1 Å². The predicted octanol–water partition coefficient (Wildman–Crippen LogP) is 3.13. The molecule has 0 aliphatic heterocycles. The van der Waals surface area contributed by atoms with Gasteiger partial charge in [0.1, 0.15) is 6.04 Å². The molecule has 2 rings (SSSR count). The van der Waals surface area contributed by atoms with Gasteiger partial charge in [0.25, 0.3) is 5.91 Å². The van der Waals surface area contributed by atoms with Crippen LogP contribution >= 0.6 is 0 Å². The minimum Gasteiger partial charge on any atom is -0.480 e. The third kappa shape index (κ3) is 4.34. The minimum atomic E-state index is -4.59. The molecule has 126 valence electrons. The van der Waals surface area contributed by atoms with Crippen LogP contribution in [-0.2, 0) is 17.4 Å². The van der Waals surface area contributed by atoms with Gasteiger partial charge in [-0.25, -0.2) is 4.79 Å². The number of amides is 1. The van der Waals surface area contributed by atoms with Gasteiger partial charge in [0, 0.05) is 12.0 Å². The molecule has 1 amide bonds. The highest BCUT2D eigenvalue weighted by Crippen LogP contribution is 2.32. The van der Waals surface area contributed by atoms with Gasteiger partial charge in [0.15, 0.2) is 0 Å². The van der Waals surface area contributed by atoms with Crippen LogP contribution in [0.5, 0.6) is 0 Å². The number of halogens is 3. The Kier molecular flexibility index (Phi) is 5.23. The largest absolute Gasteiger partial charge is 0.480 e. The van der Waals surface area contributed by atoms with E-state index in [1.807, 2.05) is 0 Å². The van der Waals surface area contributed by atoms with Crippen LogP contribution in [0.15, 0.2) is 54.6 Å². The highest BCUT2D eigenvalue weighted by Gasteiger charge is 2.34. The molecule has 1 atom stereocenters. The normalized spacial score (nSPS) is 12.5. The van der Waals surface area contributed by atoms with Crippen molar-refractivity contribution in [3.05, 3.63) is 71.3 Å². The number of benzene rings is 2. The van der Waals surface area contributed by atoms with Crippen molar-refractivity contribution in [1.82, 2.24) is 5.32 Å². The summed E-state index contributed by atoms with van der Waals surface area (Å²) < 4.78 is 39.0. The molecule has 0 aromatic heterocycles. The van der Waals surface area contributed by atoms with Crippen molar-refractivity contribution in [3.8, 4) is 0 Å². The Hall–Kier alpha value is -2.83. The molecule has 0 saturated heterocycles. The summed E-state index contributed by atoms with van der Waals surface area (Å²) in [5.74, 6) is -2.07. The zero-order valence-electron chi connectivity index (χ0n) is 12.4. The average Bonchev–Trinajstić information content (AvgIpc) is 2.54. The van der Waals surface area contributed by atoms with Crippen molar-refractivity contribution in [1.29, 1.82) is 0 Å². The number of rotatable bonds is 5. The Labute approximate surface area is 135 Å². The molecule has 0 unspecified atom stereocenters. The van der Waals surface area contributed by atoms with Crippen molar-refractivity contribution in [2.75, 3.05) is 0 Å². The Morgan fingerprint density at radius 1 is 1.00 bits per heavy atom. The molecule has 0 radical (unpaired) electrons. The maximum atomic E-state index is 13.0. The van der Waals surface area contributed by atoms with E-state index in [1.165, 1.54) is 30.3 Å². The van der Waals surface area contributed by atoms with E-state index in [0.717, 1.165) is 6.07 Å². The summed E-state index contributed by atoms with van der Waals surface area (Å²) >= 11 is 0. The molecule has 0 aliphatic carbocycles. The second kappa shape index (κ2) is 7.16. The second-order valence-corrected chi connectivity index (χ2v) is 5.09. The number of hydrogen-bond donors (Lipinski definition) is 2. The highest BCUT2D eigenvalue weighted by atomic mass is 19.4. The van der Waals surface area contributed by atoms with Crippen LogP contribution in [-0.4, -0.2) is 23.0 Å². The van der Waals surface area contributed by atoms with E-state index in [0.29, 0.717) is 0 Å². The van der Waals surface area contributed by atoms with Crippen LogP contribution in [0.25, 0.3) is 0 Å². The number of carboxylic acids is 1. The zero-order chi connectivity index (χ0) is 17.7. The van der Waals surface area contributed by atoms with Gasteiger partial charge in [-0.05, 0) is 23.8 Å².